The van der Waals surface area contributed by atoms with E-state index in [-0.39, 0.29) is 26.9 Å². The summed E-state index contributed by atoms with van der Waals surface area (Å²) in [6.45, 7) is 3.48. The van der Waals surface area contributed by atoms with Gasteiger partial charge in [0.05, 0.1) is 6.10 Å². The summed E-state index contributed by atoms with van der Waals surface area (Å²) in [6.07, 6.45) is -0.0255. The first-order valence-electron chi connectivity index (χ1n) is 5.59. The number of para-hydroxylation sites is 1. The number of phenolic OH excluding ortho intramolecular Hbond substituents is 1. The molecule has 5 nitrogen and oxygen atoms in total. The normalized spacial score (nSPS) is 12.6. The quantitative estimate of drug-likeness (QED) is 0.610. The van der Waals surface area contributed by atoms with E-state index in [9.17, 15) is 14.5 Å². The molecule has 1 rings (SSSR count). The number of carbonyl (C=O) groups excluding carboxylic acids is 1. The Labute approximate surface area is 107 Å². The molecule has 18 heavy (non-hydrogen) atoms. The van der Waals surface area contributed by atoms with Crippen LogP contribution in [0.5, 0.6) is 5.75 Å². The Bertz CT molecular complexity index is 422. The van der Waals surface area contributed by atoms with Gasteiger partial charge in [-0.15, -0.1) is 0 Å². The Morgan fingerprint density at radius 3 is 2.67 bits per heavy atom. The lowest BCUT2D eigenvalue weighted by Crippen LogP contribution is -2.36. The molecule has 0 saturated carbocycles. The van der Waals surface area contributed by atoms with Crippen molar-refractivity contribution in [3.8, 4) is 5.75 Å². The molecule has 2 N–H and O–H groups in total. The first-order chi connectivity index (χ1) is 8.54. The molecule has 1 atom stereocenters. The number of rotatable bonds is 6. The molecule has 6 heteroatoms. The van der Waals surface area contributed by atoms with Crippen molar-refractivity contribution in [2.45, 2.75) is 32.4 Å². The van der Waals surface area contributed by atoms with Gasteiger partial charge in [0.1, 0.15) is 11.8 Å². The van der Waals surface area contributed by atoms with Gasteiger partial charge in [0, 0.05) is 6.42 Å². The number of hydrogen-bond acceptors (Lipinski definition) is 4. The number of aromatic hydroxyl groups is 1. The Hall–Kier alpha value is -1.45. The standard InChI is InChI=1S/C12H16NO4P/c1-8(2)17-12(15)10(13-18-16)7-9-5-3-4-6-11(9)14/h3-6,8,10,14H,7H2,1-2H3,(H,13,16)/t10-/m0/s1. The predicted molar refractivity (Wildman–Crippen MR) is 67.6 cm³/mol. The molecule has 0 aliphatic rings. The molecule has 0 amide bonds. The molecule has 0 saturated heterocycles. The van der Waals surface area contributed by atoms with E-state index in [1.807, 2.05) is 0 Å². The van der Waals surface area contributed by atoms with E-state index in [1.165, 1.54) is 6.07 Å². The Morgan fingerprint density at radius 1 is 1.44 bits per heavy atom. The fourth-order valence-electron chi connectivity index (χ4n) is 1.46. The highest BCUT2D eigenvalue weighted by Gasteiger charge is 2.22. The zero-order valence-corrected chi connectivity index (χ0v) is 11.2. The highest BCUT2D eigenvalue weighted by Crippen LogP contribution is 2.18. The van der Waals surface area contributed by atoms with Crippen molar-refractivity contribution in [2.75, 3.05) is 0 Å². The van der Waals surface area contributed by atoms with Gasteiger partial charge < -0.3 is 9.84 Å². The lowest BCUT2D eigenvalue weighted by molar-refractivity contribution is -0.149. The van der Waals surface area contributed by atoms with Crippen molar-refractivity contribution in [2.24, 2.45) is 0 Å². The molecule has 0 fully saturated rings. The van der Waals surface area contributed by atoms with Crippen LogP contribution in [0.15, 0.2) is 24.3 Å². The van der Waals surface area contributed by atoms with E-state index < -0.39 is 12.0 Å². The van der Waals surface area contributed by atoms with Crippen molar-refractivity contribution in [1.29, 1.82) is 0 Å². The minimum absolute atomic E-state index is 0.101. The van der Waals surface area contributed by atoms with Crippen LogP contribution in [0.25, 0.3) is 0 Å². The molecule has 0 aliphatic heterocycles. The smallest absolute Gasteiger partial charge is 0.324 e. The molecule has 0 radical (unpaired) electrons. The van der Waals surface area contributed by atoms with E-state index in [0.29, 0.717) is 5.56 Å². The topological polar surface area (TPSA) is 75.6 Å². The minimum Gasteiger partial charge on any atom is -0.508 e. The summed E-state index contributed by atoms with van der Waals surface area (Å²) in [4.78, 5) is 11.7. The van der Waals surface area contributed by atoms with Gasteiger partial charge in [0.2, 0.25) is 8.61 Å². The summed E-state index contributed by atoms with van der Waals surface area (Å²) >= 11 is 0. The van der Waals surface area contributed by atoms with E-state index in [0.717, 1.165) is 0 Å². The fraction of sp³-hybridized carbons (Fsp3) is 0.417. The SMILES string of the molecule is CC(C)OC(=O)[C@H](Cc1ccccc1O)NP=O. The summed E-state index contributed by atoms with van der Waals surface area (Å²) < 4.78 is 15.6. The maximum atomic E-state index is 11.7. The molecule has 0 aromatic heterocycles. The molecular weight excluding hydrogens is 253 g/mol. The number of benzene rings is 1. The van der Waals surface area contributed by atoms with Crippen molar-refractivity contribution >= 4 is 14.6 Å². The van der Waals surface area contributed by atoms with Gasteiger partial charge in [-0.25, -0.2) is 5.09 Å². The number of esters is 1. The summed E-state index contributed by atoms with van der Waals surface area (Å²) in [5.74, 6) is -0.388. The number of carbonyl (C=O) groups is 1. The van der Waals surface area contributed by atoms with Crippen LogP contribution in [0.1, 0.15) is 19.4 Å². The average Bonchev–Trinajstić information content (AvgIpc) is 2.30. The third-order valence-corrected chi connectivity index (χ3v) is 2.68. The van der Waals surface area contributed by atoms with Crippen molar-refractivity contribution in [3.05, 3.63) is 29.8 Å². The van der Waals surface area contributed by atoms with Crippen LogP contribution < -0.4 is 5.09 Å². The van der Waals surface area contributed by atoms with Crippen LogP contribution in [0.3, 0.4) is 0 Å². The van der Waals surface area contributed by atoms with Crippen LogP contribution in [0.2, 0.25) is 0 Å². The third kappa shape index (κ3) is 4.43. The van der Waals surface area contributed by atoms with E-state index in [1.54, 1.807) is 32.0 Å². The summed E-state index contributed by atoms with van der Waals surface area (Å²) in [5.41, 5.74) is 0.597. The van der Waals surface area contributed by atoms with Crippen LogP contribution in [0, 0.1) is 0 Å². The van der Waals surface area contributed by atoms with Crippen LogP contribution in [-0.4, -0.2) is 23.2 Å². The largest absolute Gasteiger partial charge is 0.508 e. The summed E-state index contributed by atoms with van der Waals surface area (Å²) in [6, 6.07) is 5.94. The summed E-state index contributed by atoms with van der Waals surface area (Å²) in [5, 5.41) is 12.1. The van der Waals surface area contributed by atoms with Gasteiger partial charge in [0.15, 0.2) is 0 Å². The fourth-order valence-corrected chi connectivity index (χ4v) is 1.79. The second-order valence-corrected chi connectivity index (χ2v) is 4.53. The van der Waals surface area contributed by atoms with E-state index in [4.69, 9.17) is 4.74 Å². The lowest BCUT2D eigenvalue weighted by Gasteiger charge is -2.16. The average molecular weight is 269 g/mol. The van der Waals surface area contributed by atoms with Crippen molar-refractivity contribution in [1.82, 2.24) is 5.09 Å². The molecule has 1 aromatic carbocycles. The molecule has 0 aliphatic carbocycles. The number of ether oxygens (including phenoxy) is 1. The maximum absolute atomic E-state index is 11.7. The molecule has 98 valence electrons. The Kier molecular flexibility index (Phi) is 5.75. The van der Waals surface area contributed by atoms with Crippen molar-refractivity contribution in [3.63, 3.8) is 0 Å². The molecule has 0 bridgehead atoms. The molecule has 0 spiro atoms. The van der Waals surface area contributed by atoms with Gasteiger partial charge in [-0.3, -0.25) is 9.36 Å². The highest BCUT2D eigenvalue weighted by molar-refractivity contribution is 7.21. The number of hydrogen-bond donors (Lipinski definition) is 2. The van der Waals surface area contributed by atoms with Crippen LogP contribution >= 0.6 is 8.61 Å². The van der Waals surface area contributed by atoms with Gasteiger partial charge in [-0.1, -0.05) is 18.2 Å². The lowest BCUT2D eigenvalue weighted by atomic mass is 10.1. The molecule has 0 unspecified atom stereocenters. The zero-order valence-electron chi connectivity index (χ0n) is 10.3. The zero-order chi connectivity index (χ0) is 13.5. The predicted octanol–water partition coefficient (Wildman–Crippen LogP) is 2.05. The van der Waals surface area contributed by atoms with E-state index in [2.05, 4.69) is 5.09 Å². The number of nitrogens with one attached hydrogen (secondary N) is 1. The first-order valence-corrected chi connectivity index (χ1v) is 6.41. The van der Waals surface area contributed by atoms with Gasteiger partial charge in [0.25, 0.3) is 0 Å². The highest BCUT2D eigenvalue weighted by atomic mass is 31.1. The van der Waals surface area contributed by atoms with Crippen molar-refractivity contribution < 1.29 is 19.2 Å². The van der Waals surface area contributed by atoms with E-state index >= 15 is 0 Å². The molecule has 0 heterocycles. The second-order valence-electron chi connectivity index (χ2n) is 4.09. The van der Waals surface area contributed by atoms with Crippen LogP contribution in [0.4, 0.5) is 0 Å². The Morgan fingerprint density at radius 2 is 2.11 bits per heavy atom. The molecular formula is C12H16NO4P. The molecule has 1 aromatic rings. The number of phenols is 1. The van der Waals surface area contributed by atoms with Gasteiger partial charge in [-0.05, 0) is 25.5 Å². The summed E-state index contributed by atoms with van der Waals surface area (Å²) in [7, 11) is -0.349. The van der Waals surface area contributed by atoms with Gasteiger partial charge >= 0.3 is 5.97 Å². The maximum Gasteiger partial charge on any atom is 0.324 e. The van der Waals surface area contributed by atoms with Crippen LogP contribution in [-0.2, 0) is 20.5 Å². The third-order valence-electron chi connectivity index (χ3n) is 2.26. The Balaban J connectivity index is 2.77. The monoisotopic (exact) mass is 269 g/mol. The first kappa shape index (κ1) is 14.6. The minimum atomic E-state index is -0.750. The van der Waals surface area contributed by atoms with Gasteiger partial charge in [-0.2, -0.15) is 0 Å². The second kappa shape index (κ2) is 7.09.